The highest BCUT2D eigenvalue weighted by atomic mass is 35.5. The molecule has 6 heteroatoms. The maximum atomic E-state index is 11.9. The van der Waals surface area contributed by atoms with Crippen molar-refractivity contribution in [2.75, 3.05) is 12.4 Å². The maximum absolute atomic E-state index is 11.9. The predicted molar refractivity (Wildman–Crippen MR) is 83.6 cm³/mol. The van der Waals surface area contributed by atoms with Crippen molar-refractivity contribution in [3.05, 3.63) is 46.8 Å². The van der Waals surface area contributed by atoms with Crippen LogP contribution in [0.4, 0.5) is 5.69 Å². The normalized spacial score (nSPS) is 10.9. The second kappa shape index (κ2) is 6.45. The van der Waals surface area contributed by atoms with E-state index in [1.165, 1.54) is 6.08 Å². The number of carbonyl (C=O) groups excluding carboxylic acids is 1. The summed E-state index contributed by atoms with van der Waals surface area (Å²) in [6.45, 7) is 1.84. The van der Waals surface area contributed by atoms with E-state index in [1.807, 2.05) is 13.0 Å². The summed E-state index contributed by atoms with van der Waals surface area (Å²) in [4.78, 5) is 11.9. The number of amides is 1. The van der Waals surface area contributed by atoms with Crippen LogP contribution in [-0.2, 0) is 11.8 Å². The Hall–Kier alpha value is -2.27. The van der Waals surface area contributed by atoms with Crippen LogP contribution in [0.3, 0.4) is 0 Å². The number of anilines is 1. The zero-order chi connectivity index (χ0) is 15.4. The molecule has 21 heavy (non-hydrogen) atoms. The largest absolute Gasteiger partial charge is 0.497 e. The molecule has 0 atom stereocenters. The molecule has 0 radical (unpaired) electrons. The monoisotopic (exact) mass is 305 g/mol. The lowest BCUT2D eigenvalue weighted by Gasteiger charge is -2.04. The van der Waals surface area contributed by atoms with Crippen LogP contribution in [-0.4, -0.2) is 22.8 Å². The van der Waals surface area contributed by atoms with Gasteiger partial charge in [-0.2, -0.15) is 5.10 Å². The number of benzene rings is 1. The molecule has 0 unspecified atom stereocenters. The van der Waals surface area contributed by atoms with Gasteiger partial charge in [-0.3, -0.25) is 9.48 Å². The fourth-order valence-corrected chi connectivity index (χ4v) is 2.12. The molecule has 0 spiro atoms. The van der Waals surface area contributed by atoms with Crippen LogP contribution < -0.4 is 10.1 Å². The first kappa shape index (κ1) is 15.1. The number of methoxy groups -OCH3 is 1. The van der Waals surface area contributed by atoms with Gasteiger partial charge in [-0.1, -0.05) is 17.7 Å². The second-order valence-electron chi connectivity index (χ2n) is 4.47. The number of ether oxygens (including phenoxy) is 1. The Morgan fingerprint density at radius 3 is 2.86 bits per heavy atom. The van der Waals surface area contributed by atoms with E-state index in [0.717, 1.165) is 11.3 Å². The number of carbonyl (C=O) groups is 1. The van der Waals surface area contributed by atoms with Crippen molar-refractivity contribution in [1.82, 2.24) is 9.78 Å². The zero-order valence-corrected chi connectivity index (χ0v) is 12.8. The molecule has 0 bridgehead atoms. The lowest BCUT2D eigenvalue weighted by molar-refractivity contribution is -0.111. The molecule has 5 nitrogen and oxygen atoms in total. The lowest BCUT2D eigenvalue weighted by atomic mass is 10.2. The van der Waals surface area contributed by atoms with Gasteiger partial charge in [0.05, 0.1) is 12.8 Å². The van der Waals surface area contributed by atoms with Crippen molar-refractivity contribution >= 4 is 29.3 Å². The van der Waals surface area contributed by atoms with E-state index in [-0.39, 0.29) is 5.91 Å². The number of rotatable bonds is 4. The van der Waals surface area contributed by atoms with E-state index < -0.39 is 0 Å². The Morgan fingerprint density at radius 2 is 2.24 bits per heavy atom. The molecule has 110 valence electrons. The first-order valence-corrected chi connectivity index (χ1v) is 6.71. The molecule has 2 rings (SSSR count). The van der Waals surface area contributed by atoms with Crippen LogP contribution in [0.15, 0.2) is 30.3 Å². The highest BCUT2D eigenvalue weighted by Gasteiger charge is 2.08. The fraction of sp³-hybridized carbons (Fsp3) is 0.200. The van der Waals surface area contributed by atoms with Crippen LogP contribution in [0, 0.1) is 6.92 Å². The molecule has 1 amide bonds. The van der Waals surface area contributed by atoms with Gasteiger partial charge in [0.25, 0.3) is 0 Å². The molecule has 0 aliphatic rings. The summed E-state index contributed by atoms with van der Waals surface area (Å²) in [5, 5.41) is 7.44. The molecular formula is C15H16ClN3O2. The van der Waals surface area contributed by atoms with E-state index in [1.54, 1.807) is 43.1 Å². The minimum absolute atomic E-state index is 0.248. The fourth-order valence-electron chi connectivity index (χ4n) is 1.88. The third-order valence-electron chi connectivity index (χ3n) is 2.93. The van der Waals surface area contributed by atoms with Crippen LogP contribution in [0.5, 0.6) is 5.75 Å². The molecule has 1 aromatic heterocycles. The van der Waals surface area contributed by atoms with Crippen molar-refractivity contribution < 1.29 is 9.53 Å². The molecule has 1 N–H and O–H groups in total. The lowest BCUT2D eigenvalue weighted by Crippen LogP contribution is -2.07. The number of hydrogen-bond acceptors (Lipinski definition) is 3. The average Bonchev–Trinajstić information content (AvgIpc) is 2.70. The van der Waals surface area contributed by atoms with Crippen LogP contribution in [0.1, 0.15) is 11.3 Å². The van der Waals surface area contributed by atoms with Gasteiger partial charge in [-0.15, -0.1) is 0 Å². The topological polar surface area (TPSA) is 56.1 Å². The highest BCUT2D eigenvalue weighted by molar-refractivity contribution is 6.31. The summed E-state index contributed by atoms with van der Waals surface area (Å²) >= 11 is 6.10. The van der Waals surface area contributed by atoms with E-state index in [0.29, 0.717) is 16.6 Å². The Morgan fingerprint density at radius 1 is 1.48 bits per heavy atom. The van der Waals surface area contributed by atoms with Gasteiger partial charge in [0.1, 0.15) is 10.9 Å². The minimum atomic E-state index is -0.248. The predicted octanol–water partition coefficient (Wildman–Crippen LogP) is 3.04. The van der Waals surface area contributed by atoms with Gasteiger partial charge >= 0.3 is 0 Å². The van der Waals surface area contributed by atoms with Crippen LogP contribution >= 0.6 is 11.6 Å². The summed E-state index contributed by atoms with van der Waals surface area (Å²) in [6, 6.07) is 7.15. The minimum Gasteiger partial charge on any atom is -0.497 e. The Bertz CT molecular complexity index is 692. The summed E-state index contributed by atoms with van der Waals surface area (Å²) in [5.41, 5.74) is 2.17. The Balaban J connectivity index is 2.09. The number of nitrogens with zero attached hydrogens (tertiary/aromatic N) is 2. The number of aromatic nitrogens is 2. The number of aryl methyl sites for hydroxylation is 2. The summed E-state index contributed by atoms with van der Waals surface area (Å²) < 4.78 is 6.67. The van der Waals surface area contributed by atoms with Crippen molar-refractivity contribution in [3.8, 4) is 5.75 Å². The van der Waals surface area contributed by atoms with E-state index >= 15 is 0 Å². The molecule has 1 aromatic carbocycles. The number of halogens is 1. The highest BCUT2D eigenvalue weighted by Crippen LogP contribution is 2.20. The third-order valence-corrected chi connectivity index (χ3v) is 3.38. The molecule has 2 aromatic rings. The average molecular weight is 306 g/mol. The molecule has 0 aliphatic carbocycles. The van der Waals surface area contributed by atoms with E-state index in [4.69, 9.17) is 16.3 Å². The van der Waals surface area contributed by atoms with Gasteiger partial charge in [-0.05, 0) is 25.1 Å². The smallest absolute Gasteiger partial charge is 0.248 e. The van der Waals surface area contributed by atoms with Gasteiger partial charge in [0.2, 0.25) is 5.91 Å². The summed E-state index contributed by atoms with van der Waals surface area (Å²) in [5.74, 6) is 0.436. The van der Waals surface area contributed by atoms with Crippen molar-refractivity contribution in [1.29, 1.82) is 0 Å². The Labute approximate surface area is 128 Å². The standard InChI is InChI=1S/C15H16ClN3O2/c1-10-13(15(16)19(2)18-10)7-8-14(20)17-11-5-4-6-12(9-11)21-3/h4-9H,1-3H3,(H,17,20)/b8-7+. The number of nitrogens with one attached hydrogen (secondary N) is 1. The molecule has 0 fully saturated rings. The Kier molecular flexibility index (Phi) is 4.65. The van der Waals surface area contributed by atoms with Crippen molar-refractivity contribution in [3.63, 3.8) is 0 Å². The van der Waals surface area contributed by atoms with Gasteiger partial charge in [0, 0.05) is 30.4 Å². The van der Waals surface area contributed by atoms with Crippen molar-refractivity contribution in [2.24, 2.45) is 7.05 Å². The SMILES string of the molecule is COc1cccc(NC(=O)/C=C/c2c(C)nn(C)c2Cl)c1. The first-order chi connectivity index (χ1) is 10.0. The molecule has 0 aliphatic heterocycles. The second-order valence-corrected chi connectivity index (χ2v) is 4.83. The van der Waals surface area contributed by atoms with E-state index in [2.05, 4.69) is 10.4 Å². The zero-order valence-electron chi connectivity index (χ0n) is 12.1. The van der Waals surface area contributed by atoms with Gasteiger partial charge < -0.3 is 10.1 Å². The third kappa shape index (κ3) is 3.64. The molecular weight excluding hydrogens is 290 g/mol. The van der Waals surface area contributed by atoms with Crippen LogP contribution in [0.2, 0.25) is 5.15 Å². The quantitative estimate of drug-likeness (QED) is 0.883. The van der Waals surface area contributed by atoms with E-state index in [9.17, 15) is 4.79 Å². The summed E-state index contributed by atoms with van der Waals surface area (Å²) in [6.07, 6.45) is 3.08. The van der Waals surface area contributed by atoms with Crippen LogP contribution in [0.25, 0.3) is 6.08 Å². The first-order valence-electron chi connectivity index (χ1n) is 6.33. The number of hydrogen-bond donors (Lipinski definition) is 1. The maximum Gasteiger partial charge on any atom is 0.248 e. The van der Waals surface area contributed by atoms with Gasteiger partial charge in [-0.25, -0.2) is 0 Å². The molecule has 0 saturated heterocycles. The van der Waals surface area contributed by atoms with Crippen molar-refractivity contribution in [2.45, 2.75) is 6.92 Å². The molecule has 0 saturated carbocycles. The molecule has 1 heterocycles. The summed E-state index contributed by atoms with van der Waals surface area (Å²) in [7, 11) is 3.33. The van der Waals surface area contributed by atoms with Gasteiger partial charge in [0.15, 0.2) is 0 Å².